The average Bonchev–Trinajstić information content (AvgIpc) is 3.02. The molecule has 0 radical (unpaired) electrons. The lowest BCUT2D eigenvalue weighted by molar-refractivity contribution is -0.142. The van der Waals surface area contributed by atoms with E-state index in [0.29, 0.717) is 39.1 Å². The van der Waals surface area contributed by atoms with Gasteiger partial charge in [-0.15, -0.1) is 0 Å². The molecule has 0 saturated heterocycles. The Hall–Kier alpha value is -2.86. The van der Waals surface area contributed by atoms with Crippen LogP contribution in [0.3, 0.4) is 0 Å². The predicted octanol–water partition coefficient (Wildman–Crippen LogP) is 1.18. The van der Waals surface area contributed by atoms with Crippen molar-refractivity contribution < 1.29 is 48.0 Å². The molecule has 46 heavy (non-hydrogen) atoms. The smallest absolute Gasteiger partial charge is 0.326 e. The first-order chi connectivity index (χ1) is 22.2. The number of carboxylic acid groups (broad SMARTS) is 1. The van der Waals surface area contributed by atoms with Crippen LogP contribution < -0.4 is 21.3 Å². The number of carboxylic acids is 1. The SMILES string of the molecule is CCCCNC(=O)COCCOCCNC(=O)COCCOCCNC(=O)CC[C@H](NC(=O)CCCc1ccc(I)cc1)C(=O)O. The molecule has 1 atom stereocenters. The van der Waals surface area contributed by atoms with E-state index in [4.69, 9.17) is 18.9 Å². The molecule has 1 rings (SSSR count). The summed E-state index contributed by atoms with van der Waals surface area (Å²) >= 11 is 2.22. The molecule has 0 spiro atoms. The van der Waals surface area contributed by atoms with E-state index in [2.05, 4.69) is 43.9 Å². The highest BCUT2D eigenvalue weighted by Gasteiger charge is 2.20. The minimum Gasteiger partial charge on any atom is -0.480 e. The monoisotopic (exact) mass is 764 g/mol. The van der Waals surface area contributed by atoms with Crippen molar-refractivity contribution in [2.75, 3.05) is 72.5 Å². The Morgan fingerprint density at radius 2 is 1.24 bits per heavy atom. The Balaban J connectivity index is 1.97. The second-order valence-electron chi connectivity index (χ2n) is 10.2. The van der Waals surface area contributed by atoms with Gasteiger partial charge in [0.1, 0.15) is 19.3 Å². The highest BCUT2D eigenvalue weighted by atomic mass is 127. The molecule has 260 valence electrons. The molecule has 15 heteroatoms. The zero-order valence-electron chi connectivity index (χ0n) is 26.6. The summed E-state index contributed by atoms with van der Waals surface area (Å²) in [6.07, 6.45) is 3.36. The number of hydrogen-bond donors (Lipinski definition) is 5. The number of amides is 4. The van der Waals surface area contributed by atoms with Crippen LogP contribution in [-0.4, -0.2) is 113 Å². The van der Waals surface area contributed by atoms with Gasteiger partial charge in [0.05, 0.1) is 39.6 Å². The largest absolute Gasteiger partial charge is 0.480 e. The molecule has 0 saturated carbocycles. The van der Waals surface area contributed by atoms with Gasteiger partial charge in [0.25, 0.3) is 0 Å². The number of benzene rings is 1. The Bertz CT molecular complexity index is 1030. The van der Waals surface area contributed by atoms with Crippen LogP contribution in [-0.2, 0) is 49.3 Å². The summed E-state index contributed by atoms with van der Waals surface area (Å²) in [5.74, 6) is -2.35. The number of rotatable bonds is 28. The van der Waals surface area contributed by atoms with E-state index < -0.39 is 12.0 Å². The van der Waals surface area contributed by atoms with Crippen LogP contribution in [0.2, 0.25) is 0 Å². The first-order valence-electron chi connectivity index (χ1n) is 15.6. The van der Waals surface area contributed by atoms with E-state index in [1.54, 1.807) is 0 Å². The third-order valence-corrected chi connectivity index (χ3v) is 7.00. The lowest BCUT2D eigenvalue weighted by atomic mass is 10.1. The van der Waals surface area contributed by atoms with E-state index in [-0.39, 0.29) is 89.1 Å². The number of unbranched alkanes of at least 4 members (excludes halogenated alkanes) is 1. The van der Waals surface area contributed by atoms with Gasteiger partial charge in [-0.3, -0.25) is 19.2 Å². The summed E-state index contributed by atoms with van der Waals surface area (Å²) in [5, 5.41) is 20.0. The molecule has 0 aliphatic carbocycles. The summed E-state index contributed by atoms with van der Waals surface area (Å²) in [6, 6.07) is 6.84. The fourth-order valence-electron chi connectivity index (χ4n) is 3.79. The molecule has 0 bridgehead atoms. The molecular weight excluding hydrogens is 715 g/mol. The summed E-state index contributed by atoms with van der Waals surface area (Å²) in [5.41, 5.74) is 1.11. The second-order valence-corrected chi connectivity index (χ2v) is 11.5. The van der Waals surface area contributed by atoms with Crippen molar-refractivity contribution in [3.63, 3.8) is 0 Å². The molecule has 1 aromatic rings. The Labute approximate surface area is 284 Å². The zero-order valence-corrected chi connectivity index (χ0v) is 28.8. The van der Waals surface area contributed by atoms with Gasteiger partial charge < -0.3 is 45.3 Å². The Morgan fingerprint density at radius 1 is 0.696 bits per heavy atom. The first kappa shape index (κ1) is 41.2. The summed E-state index contributed by atoms with van der Waals surface area (Å²) in [7, 11) is 0. The van der Waals surface area contributed by atoms with Crippen molar-refractivity contribution in [2.24, 2.45) is 0 Å². The van der Waals surface area contributed by atoms with Crippen molar-refractivity contribution in [1.82, 2.24) is 21.3 Å². The van der Waals surface area contributed by atoms with Crippen molar-refractivity contribution in [1.29, 1.82) is 0 Å². The molecule has 0 aliphatic heterocycles. The van der Waals surface area contributed by atoms with Crippen LogP contribution >= 0.6 is 22.6 Å². The number of aryl methyl sites for hydroxylation is 1. The van der Waals surface area contributed by atoms with Crippen LogP contribution in [0.5, 0.6) is 0 Å². The topological polar surface area (TPSA) is 191 Å². The van der Waals surface area contributed by atoms with E-state index in [9.17, 15) is 29.1 Å². The van der Waals surface area contributed by atoms with Crippen LogP contribution in [0.1, 0.15) is 51.0 Å². The van der Waals surface area contributed by atoms with Gasteiger partial charge >= 0.3 is 5.97 Å². The van der Waals surface area contributed by atoms with Crippen LogP contribution in [0.15, 0.2) is 24.3 Å². The molecule has 0 aliphatic rings. The lowest BCUT2D eigenvalue weighted by Gasteiger charge is -2.14. The fraction of sp³-hybridized carbons (Fsp3) is 0.645. The van der Waals surface area contributed by atoms with Gasteiger partial charge in [-0.05, 0) is 66.0 Å². The van der Waals surface area contributed by atoms with Crippen molar-refractivity contribution in [3.8, 4) is 0 Å². The molecule has 0 heterocycles. The van der Waals surface area contributed by atoms with Crippen LogP contribution in [0, 0.1) is 3.57 Å². The molecule has 5 N–H and O–H groups in total. The van der Waals surface area contributed by atoms with E-state index in [0.717, 1.165) is 22.0 Å². The van der Waals surface area contributed by atoms with Gasteiger partial charge in [0.2, 0.25) is 23.6 Å². The molecule has 0 unspecified atom stereocenters. The van der Waals surface area contributed by atoms with Gasteiger partial charge in [-0.2, -0.15) is 0 Å². The maximum Gasteiger partial charge on any atom is 0.326 e. The Kier molecular flexibility index (Phi) is 24.4. The van der Waals surface area contributed by atoms with E-state index in [1.807, 2.05) is 31.2 Å². The van der Waals surface area contributed by atoms with Gasteiger partial charge in [0.15, 0.2) is 0 Å². The number of aliphatic carboxylic acids is 1. The highest BCUT2D eigenvalue weighted by Crippen LogP contribution is 2.10. The van der Waals surface area contributed by atoms with Gasteiger partial charge in [-0.1, -0.05) is 25.5 Å². The van der Waals surface area contributed by atoms with Crippen molar-refractivity contribution in [3.05, 3.63) is 33.4 Å². The van der Waals surface area contributed by atoms with Crippen LogP contribution in [0.4, 0.5) is 0 Å². The quantitative estimate of drug-likeness (QED) is 0.0612. The highest BCUT2D eigenvalue weighted by molar-refractivity contribution is 14.1. The van der Waals surface area contributed by atoms with Gasteiger partial charge in [-0.25, -0.2) is 4.79 Å². The average molecular weight is 765 g/mol. The second kappa shape index (κ2) is 27.3. The fourth-order valence-corrected chi connectivity index (χ4v) is 4.15. The number of nitrogens with one attached hydrogen (secondary N) is 4. The standard InChI is InChI=1S/C31H49IN4O10/c1-2-3-13-33-29(39)22-45-20-19-44-17-15-35-30(40)23-46-21-18-43-16-14-34-27(37)12-11-26(31(41)42)36-28(38)6-4-5-24-7-9-25(32)10-8-24/h7-10,26H,2-6,11-23H2,1H3,(H,33,39)(H,34,37)(H,35,40)(H,36,38)(H,41,42)/t26-/m0/s1. The first-order valence-corrected chi connectivity index (χ1v) is 16.7. The zero-order chi connectivity index (χ0) is 33.8. The number of ether oxygens (including phenoxy) is 4. The summed E-state index contributed by atoms with van der Waals surface area (Å²) in [6.45, 7) is 4.59. The minimum atomic E-state index is -1.19. The van der Waals surface area contributed by atoms with Crippen molar-refractivity contribution >= 4 is 52.2 Å². The molecule has 14 nitrogen and oxygen atoms in total. The maximum absolute atomic E-state index is 12.2. The summed E-state index contributed by atoms with van der Waals surface area (Å²) in [4.78, 5) is 59.1. The number of hydrogen-bond acceptors (Lipinski definition) is 9. The van der Waals surface area contributed by atoms with E-state index >= 15 is 0 Å². The number of carbonyl (C=O) groups excluding carboxylic acids is 4. The number of halogens is 1. The molecule has 0 fully saturated rings. The minimum absolute atomic E-state index is 0.00704. The third-order valence-electron chi connectivity index (χ3n) is 6.28. The lowest BCUT2D eigenvalue weighted by Crippen LogP contribution is -2.41. The molecule has 0 aromatic heterocycles. The van der Waals surface area contributed by atoms with E-state index in [1.165, 1.54) is 0 Å². The Morgan fingerprint density at radius 3 is 1.80 bits per heavy atom. The maximum atomic E-state index is 12.2. The van der Waals surface area contributed by atoms with Crippen LogP contribution in [0.25, 0.3) is 0 Å². The van der Waals surface area contributed by atoms with Crippen molar-refractivity contribution in [2.45, 2.75) is 57.9 Å². The summed E-state index contributed by atoms with van der Waals surface area (Å²) < 4.78 is 22.3. The number of carbonyl (C=O) groups is 5. The molecular formula is C31H49IN4O10. The molecule has 4 amide bonds. The third kappa shape index (κ3) is 23.5. The predicted molar refractivity (Wildman–Crippen MR) is 178 cm³/mol. The molecule has 1 aromatic carbocycles. The normalized spacial score (nSPS) is 11.4. The van der Waals surface area contributed by atoms with Gasteiger partial charge in [0, 0.05) is 36.0 Å².